The first-order chi connectivity index (χ1) is 18.2. The van der Waals surface area contributed by atoms with Gasteiger partial charge < -0.3 is 20.7 Å². The summed E-state index contributed by atoms with van der Waals surface area (Å²) >= 11 is 0. The Morgan fingerprint density at radius 3 is 2.63 bits per heavy atom. The maximum Gasteiger partial charge on any atom is 0.229 e. The van der Waals surface area contributed by atoms with E-state index >= 15 is 0 Å². The predicted molar refractivity (Wildman–Crippen MR) is 144 cm³/mol. The quantitative estimate of drug-likeness (QED) is 0.406. The van der Waals surface area contributed by atoms with Crippen LogP contribution < -0.4 is 16.0 Å². The number of rotatable bonds is 8. The molecule has 0 bridgehead atoms. The van der Waals surface area contributed by atoms with Crippen LogP contribution in [0, 0.1) is 5.82 Å². The number of morpholine rings is 1. The highest BCUT2D eigenvalue weighted by molar-refractivity contribution is 5.65. The second kappa shape index (κ2) is 10.9. The second-order valence-corrected chi connectivity index (χ2v) is 11.4. The highest BCUT2D eigenvalue weighted by Gasteiger charge is 2.38. The van der Waals surface area contributed by atoms with E-state index in [2.05, 4.69) is 74.0 Å². The Morgan fingerprint density at radius 2 is 1.87 bits per heavy atom. The first-order valence-electron chi connectivity index (χ1n) is 13.2. The molecule has 204 valence electrons. The van der Waals surface area contributed by atoms with Crippen LogP contribution in [0.1, 0.15) is 40.5 Å². The molecule has 0 unspecified atom stereocenters. The number of anilines is 3. The van der Waals surface area contributed by atoms with Gasteiger partial charge in [0, 0.05) is 48.0 Å². The SMILES string of the molecule is CC1(C)CC(Nc2nc(Nc3cccc(-c4nnnn4CCN4CCOCC4)c3)ncc2F)CC(C)(C)N1. The molecule has 0 saturated carbocycles. The minimum atomic E-state index is -0.474. The van der Waals surface area contributed by atoms with Crippen LogP contribution in [0.25, 0.3) is 11.4 Å². The number of halogens is 1. The topological polar surface area (TPSA) is 118 Å². The molecule has 2 aliphatic rings. The normalized spacial score (nSPS) is 19.8. The van der Waals surface area contributed by atoms with Crippen molar-refractivity contribution in [3.63, 3.8) is 0 Å². The smallest absolute Gasteiger partial charge is 0.229 e. The molecule has 2 saturated heterocycles. The van der Waals surface area contributed by atoms with Gasteiger partial charge in [0.1, 0.15) is 0 Å². The summed E-state index contributed by atoms with van der Waals surface area (Å²) in [5, 5.41) is 22.5. The van der Waals surface area contributed by atoms with Gasteiger partial charge in [0.2, 0.25) is 5.95 Å². The third-order valence-electron chi connectivity index (χ3n) is 6.92. The maximum atomic E-state index is 14.7. The molecule has 11 nitrogen and oxygen atoms in total. The zero-order valence-electron chi connectivity index (χ0n) is 22.5. The number of nitrogens with one attached hydrogen (secondary N) is 3. The number of hydrogen-bond acceptors (Lipinski definition) is 10. The van der Waals surface area contributed by atoms with Gasteiger partial charge in [-0.25, -0.2) is 14.1 Å². The summed E-state index contributed by atoms with van der Waals surface area (Å²) in [5.74, 6) is 0.716. The molecule has 12 heteroatoms. The fourth-order valence-electron chi connectivity index (χ4n) is 5.63. The number of aromatic nitrogens is 6. The van der Waals surface area contributed by atoms with Crippen LogP contribution in [-0.4, -0.2) is 85.0 Å². The van der Waals surface area contributed by atoms with E-state index in [1.165, 1.54) is 6.20 Å². The predicted octanol–water partition coefficient (Wildman–Crippen LogP) is 3.07. The first-order valence-corrected chi connectivity index (χ1v) is 13.2. The van der Waals surface area contributed by atoms with Gasteiger partial charge in [0.05, 0.1) is 26.0 Å². The third-order valence-corrected chi connectivity index (χ3v) is 6.92. The zero-order chi connectivity index (χ0) is 26.8. The summed E-state index contributed by atoms with van der Waals surface area (Å²) in [7, 11) is 0. The number of nitrogens with zero attached hydrogens (tertiary/aromatic N) is 7. The van der Waals surface area contributed by atoms with Crippen LogP contribution in [0.2, 0.25) is 0 Å². The van der Waals surface area contributed by atoms with Crippen molar-refractivity contribution < 1.29 is 9.13 Å². The van der Waals surface area contributed by atoms with Crippen LogP contribution in [0.3, 0.4) is 0 Å². The Labute approximate surface area is 222 Å². The summed E-state index contributed by atoms with van der Waals surface area (Å²) in [6.07, 6.45) is 2.90. The fraction of sp³-hybridized carbons (Fsp3) is 0.577. The van der Waals surface area contributed by atoms with Gasteiger partial charge in [-0.2, -0.15) is 4.98 Å². The van der Waals surface area contributed by atoms with E-state index in [1.54, 1.807) is 0 Å². The van der Waals surface area contributed by atoms with Crippen molar-refractivity contribution in [2.45, 2.75) is 64.2 Å². The van der Waals surface area contributed by atoms with Gasteiger partial charge in [-0.15, -0.1) is 5.10 Å². The van der Waals surface area contributed by atoms with Crippen molar-refractivity contribution in [2.75, 3.05) is 43.5 Å². The standard InChI is InChI=1S/C26H37FN10O/c1-25(2)15-20(16-26(3,4)33-25)29-22-21(27)17-28-24(31-22)30-19-7-5-6-18(14-19)23-32-34-35-37(23)9-8-36-10-12-38-13-11-36/h5-7,14,17,20,33H,8-13,15-16H2,1-4H3,(H2,28,29,30,31). The van der Waals surface area contributed by atoms with Crippen LogP contribution in [0.15, 0.2) is 30.5 Å². The van der Waals surface area contributed by atoms with Gasteiger partial charge in [0.25, 0.3) is 0 Å². The van der Waals surface area contributed by atoms with E-state index in [9.17, 15) is 4.39 Å². The fourth-order valence-corrected chi connectivity index (χ4v) is 5.63. The largest absolute Gasteiger partial charge is 0.379 e. The lowest BCUT2D eigenvalue weighted by Gasteiger charge is -2.46. The highest BCUT2D eigenvalue weighted by Crippen LogP contribution is 2.31. The molecular formula is C26H37FN10O. The molecule has 0 aliphatic carbocycles. The summed E-state index contributed by atoms with van der Waals surface area (Å²) in [4.78, 5) is 11.0. The third kappa shape index (κ3) is 6.61. The van der Waals surface area contributed by atoms with Gasteiger partial charge in [-0.05, 0) is 63.1 Å². The number of piperidine rings is 1. The molecule has 3 N–H and O–H groups in total. The minimum absolute atomic E-state index is 0.0674. The van der Waals surface area contributed by atoms with Crippen molar-refractivity contribution in [2.24, 2.45) is 0 Å². The molecule has 2 fully saturated rings. The number of ether oxygens (including phenoxy) is 1. The van der Waals surface area contributed by atoms with E-state index in [4.69, 9.17) is 4.74 Å². The van der Waals surface area contributed by atoms with E-state index in [-0.39, 0.29) is 22.9 Å². The molecule has 3 aromatic rings. The van der Waals surface area contributed by atoms with Crippen molar-refractivity contribution in [3.05, 3.63) is 36.3 Å². The van der Waals surface area contributed by atoms with Crippen LogP contribution in [0.5, 0.6) is 0 Å². The molecule has 1 aromatic carbocycles. The van der Waals surface area contributed by atoms with Crippen LogP contribution in [-0.2, 0) is 11.3 Å². The molecule has 2 aliphatic heterocycles. The van der Waals surface area contributed by atoms with Crippen molar-refractivity contribution in [1.82, 2.24) is 40.4 Å². The maximum absolute atomic E-state index is 14.7. The molecule has 0 amide bonds. The van der Waals surface area contributed by atoms with Gasteiger partial charge in [0.15, 0.2) is 17.5 Å². The first kappa shape index (κ1) is 26.4. The summed E-state index contributed by atoms with van der Waals surface area (Å²) < 4.78 is 21.9. The molecule has 0 radical (unpaired) electrons. The Morgan fingerprint density at radius 1 is 1.11 bits per heavy atom. The summed E-state index contributed by atoms with van der Waals surface area (Å²) in [6, 6.07) is 7.80. The molecule has 0 spiro atoms. The monoisotopic (exact) mass is 524 g/mol. The average molecular weight is 525 g/mol. The van der Waals surface area contributed by atoms with Crippen LogP contribution in [0.4, 0.5) is 21.8 Å². The van der Waals surface area contributed by atoms with Gasteiger partial charge in [-0.3, -0.25) is 4.90 Å². The summed E-state index contributed by atoms with van der Waals surface area (Å²) in [6.45, 7) is 13.5. The Hall–Kier alpha value is -3.22. The van der Waals surface area contributed by atoms with Crippen molar-refractivity contribution in [3.8, 4) is 11.4 Å². The minimum Gasteiger partial charge on any atom is -0.379 e. The Kier molecular flexibility index (Phi) is 7.55. The molecule has 5 rings (SSSR count). The van der Waals surface area contributed by atoms with Gasteiger partial charge >= 0.3 is 0 Å². The second-order valence-electron chi connectivity index (χ2n) is 11.4. The van der Waals surface area contributed by atoms with E-state index in [0.29, 0.717) is 18.3 Å². The Balaban J connectivity index is 1.28. The van der Waals surface area contributed by atoms with E-state index < -0.39 is 5.82 Å². The molecule has 4 heterocycles. The van der Waals surface area contributed by atoms with Gasteiger partial charge in [-0.1, -0.05) is 12.1 Å². The average Bonchev–Trinajstić information content (AvgIpc) is 3.32. The number of tetrazole rings is 1. The molecule has 38 heavy (non-hydrogen) atoms. The van der Waals surface area contributed by atoms with E-state index in [0.717, 1.165) is 56.9 Å². The lowest BCUT2D eigenvalue weighted by Crippen LogP contribution is -2.60. The molecule has 2 aromatic heterocycles. The Bertz CT molecular complexity index is 1220. The summed E-state index contributed by atoms with van der Waals surface area (Å²) in [5.41, 5.74) is 1.48. The number of benzene rings is 1. The van der Waals surface area contributed by atoms with Crippen LogP contribution >= 0.6 is 0 Å². The van der Waals surface area contributed by atoms with Crippen molar-refractivity contribution >= 4 is 17.5 Å². The molecular weight excluding hydrogens is 487 g/mol. The lowest BCUT2D eigenvalue weighted by atomic mass is 9.79. The number of hydrogen-bond donors (Lipinski definition) is 3. The molecule has 0 atom stereocenters. The highest BCUT2D eigenvalue weighted by atomic mass is 19.1. The van der Waals surface area contributed by atoms with Crippen molar-refractivity contribution in [1.29, 1.82) is 0 Å². The lowest BCUT2D eigenvalue weighted by molar-refractivity contribution is 0.0359. The zero-order valence-corrected chi connectivity index (χ0v) is 22.5. The van der Waals surface area contributed by atoms with E-state index in [1.807, 2.05) is 28.9 Å².